The van der Waals surface area contributed by atoms with Crippen molar-refractivity contribution in [2.24, 2.45) is 0 Å². The van der Waals surface area contributed by atoms with Gasteiger partial charge >= 0.3 is 0 Å². The summed E-state index contributed by atoms with van der Waals surface area (Å²) in [7, 11) is 1.25. The van der Waals surface area contributed by atoms with Crippen LogP contribution in [0.3, 0.4) is 0 Å². The summed E-state index contributed by atoms with van der Waals surface area (Å²) in [6, 6.07) is -0.890. The number of quaternary nitrogens is 1. The molecular weight excluding hydrogens is 816 g/mol. The van der Waals surface area contributed by atoms with E-state index in [0.29, 0.717) is 17.4 Å². The number of aliphatic hydroxyl groups is 1. The van der Waals surface area contributed by atoms with E-state index < -0.39 is 20.0 Å². The van der Waals surface area contributed by atoms with Crippen LogP contribution >= 0.6 is 7.82 Å². The van der Waals surface area contributed by atoms with Crippen molar-refractivity contribution in [2.75, 3.05) is 40.9 Å². The highest BCUT2D eigenvalue weighted by Gasteiger charge is 2.23. The summed E-state index contributed by atoms with van der Waals surface area (Å²) in [5.41, 5.74) is 0. The van der Waals surface area contributed by atoms with Crippen LogP contribution in [0, 0.1) is 0 Å². The van der Waals surface area contributed by atoms with E-state index in [9.17, 15) is 19.4 Å². The highest BCUT2D eigenvalue weighted by molar-refractivity contribution is 7.45. The minimum atomic E-state index is -4.59. The predicted molar refractivity (Wildman–Crippen MR) is 274 cm³/mol. The van der Waals surface area contributed by atoms with Crippen LogP contribution in [0.4, 0.5) is 0 Å². The van der Waals surface area contributed by atoms with Crippen LogP contribution in [-0.2, 0) is 18.4 Å². The standard InChI is InChI=1S/C55H99N2O6P/c1-6-8-10-12-14-16-18-19-20-21-22-23-24-25-26-27-28-29-30-31-32-33-34-35-36-37-39-41-43-45-47-49-55(59)56-53(52-63-64(60,61)62-51-50-57(3,4)5)54(58)48-46-44-42-40-38-17-15-13-11-9-7-2/h8,10,14,16,19-20,22-23,25-26,28-29,46,48,53-54,58H,6-7,9,11-13,15,17-18,21,24,27,30-45,47,49-52H2,1-5H3,(H-,56,59,60,61)/b10-8-,16-14-,20-19-,23-22-,26-25-,29-28-,48-46+. The Morgan fingerprint density at radius 1 is 0.562 bits per heavy atom. The molecule has 2 N–H and O–H groups in total. The van der Waals surface area contributed by atoms with Gasteiger partial charge < -0.3 is 28.8 Å². The molecule has 1 amide bonds. The van der Waals surface area contributed by atoms with Crippen LogP contribution in [-0.4, -0.2) is 68.5 Å². The van der Waals surface area contributed by atoms with Gasteiger partial charge in [0, 0.05) is 6.42 Å². The maximum atomic E-state index is 12.9. The number of aliphatic hydroxyl groups excluding tert-OH is 1. The first-order valence-electron chi connectivity index (χ1n) is 25.9. The lowest BCUT2D eigenvalue weighted by Crippen LogP contribution is -2.45. The van der Waals surface area contributed by atoms with Crippen LogP contribution in [0.25, 0.3) is 0 Å². The van der Waals surface area contributed by atoms with Crippen molar-refractivity contribution in [3.8, 4) is 0 Å². The van der Waals surface area contributed by atoms with E-state index in [1.54, 1.807) is 6.08 Å². The summed E-state index contributed by atoms with van der Waals surface area (Å²) in [4.78, 5) is 25.4. The zero-order chi connectivity index (χ0) is 47.1. The molecule has 9 heteroatoms. The number of hydrogen-bond donors (Lipinski definition) is 2. The van der Waals surface area contributed by atoms with Gasteiger partial charge in [0.1, 0.15) is 13.2 Å². The van der Waals surface area contributed by atoms with Crippen molar-refractivity contribution in [3.63, 3.8) is 0 Å². The average molecular weight is 915 g/mol. The third-order valence-corrected chi connectivity index (χ3v) is 12.1. The summed E-state index contributed by atoms with van der Waals surface area (Å²) in [6.45, 7) is 4.50. The molecule has 64 heavy (non-hydrogen) atoms. The molecule has 8 nitrogen and oxygen atoms in total. The van der Waals surface area contributed by atoms with E-state index in [1.807, 2.05) is 27.2 Å². The maximum Gasteiger partial charge on any atom is 0.268 e. The molecule has 0 saturated carbocycles. The van der Waals surface area contributed by atoms with E-state index in [1.165, 1.54) is 109 Å². The Morgan fingerprint density at radius 2 is 0.953 bits per heavy atom. The molecule has 3 atom stereocenters. The van der Waals surface area contributed by atoms with Gasteiger partial charge in [0.25, 0.3) is 7.82 Å². The van der Waals surface area contributed by atoms with Crippen LogP contribution in [0.5, 0.6) is 0 Å². The monoisotopic (exact) mass is 915 g/mol. The van der Waals surface area contributed by atoms with Crippen LogP contribution in [0.1, 0.15) is 206 Å². The summed E-state index contributed by atoms with van der Waals surface area (Å²) >= 11 is 0. The largest absolute Gasteiger partial charge is 0.756 e. The Labute approximate surface area is 395 Å². The Balaban J connectivity index is 4.13. The Morgan fingerprint density at radius 3 is 1.39 bits per heavy atom. The summed E-state index contributed by atoms with van der Waals surface area (Å²) in [5, 5.41) is 13.8. The number of likely N-dealkylation sites (N-methyl/N-ethyl adjacent to an activating group) is 1. The summed E-state index contributed by atoms with van der Waals surface area (Å²) < 4.78 is 23.2. The molecule has 0 radical (unpaired) electrons. The molecule has 0 aromatic rings. The van der Waals surface area contributed by atoms with Crippen molar-refractivity contribution in [2.45, 2.75) is 219 Å². The van der Waals surface area contributed by atoms with Gasteiger partial charge in [-0.25, -0.2) is 0 Å². The number of phosphoric acid groups is 1. The van der Waals surface area contributed by atoms with Gasteiger partial charge in [-0.3, -0.25) is 9.36 Å². The van der Waals surface area contributed by atoms with Crippen LogP contribution in [0.15, 0.2) is 85.1 Å². The molecule has 0 rings (SSSR count). The Hall–Kier alpha value is -2.32. The number of hydrogen-bond acceptors (Lipinski definition) is 6. The smallest absolute Gasteiger partial charge is 0.268 e. The molecule has 0 aromatic heterocycles. The lowest BCUT2D eigenvalue weighted by molar-refractivity contribution is -0.870. The number of nitrogens with zero attached hydrogens (tertiary/aromatic N) is 1. The fourth-order valence-electron chi connectivity index (χ4n) is 7.04. The third kappa shape index (κ3) is 47.6. The fraction of sp³-hybridized carbons (Fsp3) is 0.727. The van der Waals surface area contributed by atoms with E-state index in [-0.39, 0.29) is 19.1 Å². The lowest BCUT2D eigenvalue weighted by Gasteiger charge is -2.29. The number of amides is 1. The second-order valence-corrected chi connectivity index (χ2v) is 19.9. The van der Waals surface area contributed by atoms with E-state index in [4.69, 9.17) is 9.05 Å². The van der Waals surface area contributed by atoms with E-state index in [2.05, 4.69) is 92.1 Å². The molecule has 0 fully saturated rings. The normalized spacial score (nSPS) is 14.8. The fourth-order valence-corrected chi connectivity index (χ4v) is 7.76. The first kappa shape index (κ1) is 61.7. The SMILES string of the molecule is CC/C=C\C/C=C\C/C=C\C/C=C\C/C=C\C/C=C\CCCCCCCCCCCCCCC(=O)NC(COP(=O)([O-])OCC[N+](C)(C)C)C(O)/C=C/CCCCCCCCCCC. The van der Waals surface area contributed by atoms with Gasteiger partial charge in [-0.05, 0) is 70.6 Å². The van der Waals surface area contributed by atoms with Gasteiger partial charge in [0.15, 0.2) is 0 Å². The number of unbranched alkanes of at least 4 members (excludes halogenated alkanes) is 21. The second kappa shape index (κ2) is 45.8. The zero-order valence-electron chi connectivity index (χ0n) is 42.0. The first-order chi connectivity index (χ1) is 31.0. The van der Waals surface area contributed by atoms with Crippen molar-refractivity contribution in [1.82, 2.24) is 5.32 Å². The predicted octanol–water partition coefficient (Wildman–Crippen LogP) is 14.7. The minimum Gasteiger partial charge on any atom is -0.756 e. The lowest BCUT2D eigenvalue weighted by atomic mass is 10.0. The number of carbonyl (C=O) groups is 1. The molecule has 0 aromatic carbocycles. The molecular formula is C55H99N2O6P. The van der Waals surface area contributed by atoms with Gasteiger partial charge in [-0.15, -0.1) is 0 Å². The van der Waals surface area contributed by atoms with Crippen molar-refractivity contribution in [1.29, 1.82) is 0 Å². The number of nitrogens with one attached hydrogen (secondary N) is 1. The van der Waals surface area contributed by atoms with Crippen molar-refractivity contribution >= 4 is 13.7 Å². The second-order valence-electron chi connectivity index (χ2n) is 18.5. The number of rotatable bonds is 46. The molecule has 370 valence electrons. The van der Waals surface area contributed by atoms with Gasteiger partial charge in [0.05, 0.1) is 39.9 Å². The topological polar surface area (TPSA) is 108 Å². The molecule has 0 spiro atoms. The molecule has 0 bridgehead atoms. The number of carbonyl (C=O) groups excluding carboxylic acids is 1. The average Bonchev–Trinajstić information content (AvgIpc) is 3.25. The number of phosphoric ester groups is 1. The zero-order valence-corrected chi connectivity index (χ0v) is 42.8. The molecule has 0 aliphatic carbocycles. The highest BCUT2D eigenvalue weighted by atomic mass is 31.2. The molecule has 3 unspecified atom stereocenters. The van der Waals surface area contributed by atoms with Crippen LogP contribution in [0.2, 0.25) is 0 Å². The van der Waals surface area contributed by atoms with Gasteiger partial charge in [0.2, 0.25) is 5.91 Å². The summed E-state index contributed by atoms with van der Waals surface area (Å²) in [6.07, 6.45) is 63.6. The van der Waals surface area contributed by atoms with Crippen molar-refractivity contribution < 1.29 is 32.9 Å². The van der Waals surface area contributed by atoms with Crippen molar-refractivity contribution in [3.05, 3.63) is 85.1 Å². The Kier molecular flexibility index (Phi) is 44.2. The first-order valence-corrected chi connectivity index (χ1v) is 27.4. The molecule has 0 aliphatic rings. The minimum absolute atomic E-state index is 0.00462. The number of allylic oxidation sites excluding steroid dienone is 13. The van der Waals surface area contributed by atoms with Gasteiger partial charge in [-0.1, -0.05) is 214 Å². The van der Waals surface area contributed by atoms with E-state index >= 15 is 0 Å². The van der Waals surface area contributed by atoms with Crippen LogP contribution < -0.4 is 10.2 Å². The molecule has 0 heterocycles. The van der Waals surface area contributed by atoms with Gasteiger partial charge in [-0.2, -0.15) is 0 Å². The Bertz CT molecular complexity index is 1310. The summed E-state index contributed by atoms with van der Waals surface area (Å²) in [5.74, 6) is -0.205. The quantitative estimate of drug-likeness (QED) is 0.0273. The third-order valence-electron chi connectivity index (χ3n) is 11.1. The maximum absolute atomic E-state index is 12.9. The molecule has 0 saturated heterocycles. The molecule has 0 aliphatic heterocycles. The van der Waals surface area contributed by atoms with E-state index in [0.717, 1.165) is 77.0 Å². The highest BCUT2D eigenvalue weighted by Crippen LogP contribution is 2.38.